The molecule has 11 heavy (non-hydrogen) atoms. The first-order valence-corrected chi connectivity index (χ1v) is 4.88. The Morgan fingerprint density at radius 2 is 2.27 bits per heavy atom. The monoisotopic (exact) mass is 169 g/mol. The van der Waals surface area contributed by atoms with E-state index in [9.17, 15) is 0 Å². The first-order valence-electron chi connectivity index (χ1n) is 4.06. The van der Waals surface area contributed by atoms with Crippen molar-refractivity contribution in [2.45, 2.75) is 32.7 Å². The van der Waals surface area contributed by atoms with E-state index in [-0.39, 0.29) is 0 Å². The summed E-state index contributed by atoms with van der Waals surface area (Å²) in [6.07, 6.45) is 1.21. The molecule has 0 amide bonds. The van der Waals surface area contributed by atoms with Crippen molar-refractivity contribution in [2.75, 3.05) is 0 Å². The molecule has 0 aliphatic carbocycles. The van der Waals surface area contributed by atoms with Gasteiger partial charge in [0.1, 0.15) is 0 Å². The van der Waals surface area contributed by atoms with Crippen LogP contribution in [0.25, 0.3) is 0 Å². The maximum absolute atomic E-state index is 5.52. The maximum Gasteiger partial charge on any atom is 0.0273 e. The molecule has 1 unspecified atom stereocenters. The number of hydrogen-bond donors (Lipinski definition) is 1. The molecule has 62 valence electrons. The van der Waals surface area contributed by atoms with Crippen molar-refractivity contribution in [1.82, 2.24) is 0 Å². The zero-order valence-corrected chi connectivity index (χ0v) is 7.95. The topological polar surface area (TPSA) is 26.0 Å². The summed E-state index contributed by atoms with van der Waals surface area (Å²) in [5.41, 5.74) is 5.52. The van der Waals surface area contributed by atoms with Gasteiger partial charge in [-0.2, -0.15) is 0 Å². The van der Waals surface area contributed by atoms with Crippen LogP contribution in [0.5, 0.6) is 0 Å². The summed E-state index contributed by atoms with van der Waals surface area (Å²) in [5, 5.41) is 0. The highest BCUT2D eigenvalue weighted by atomic mass is 32.1. The molecule has 0 aliphatic rings. The van der Waals surface area contributed by atoms with E-state index in [1.165, 1.54) is 16.2 Å². The minimum atomic E-state index is 0.682. The Labute approximate surface area is 72.2 Å². The molecule has 2 heteroatoms. The van der Waals surface area contributed by atoms with E-state index < -0.39 is 0 Å². The van der Waals surface area contributed by atoms with E-state index in [1.807, 2.05) is 11.3 Å². The average molecular weight is 169 g/mol. The summed E-state index contributed by atoms with van der Waals surface area (Å²) in [4.78, 5) is 2.76. The van der Waals surface area contributed by atoms with Gasteiger partial charge >= 0.3 is 0 Å². The molecule has 0 saturated carbocycles. The molecule has 2 N–H and O–H groups in total. The lowest BCUT2D eigenvalue weighted by molar-refractivity contribution is 0.748. The fourth-order valence-electron chi connectivity index (χ4n) is 0.970. The van der Waals surface area contributed by atoms with Crippen LogP contribution in [-0.4, -0.2) is 0 Å². The van der Waals surface area contributed by atoms with Crippen LogP contribution in [0.1, 0.15) is 35.9 Å². The third-order valence-electron chi connectivity index (χ3n) is 1.98. The Morgan fingerprint density at radius 3 is 2.73 bits per heavy atom. The summed E-state index contributed by atoms with van der Waals surface area (Å²) in [7, 11) is 0. The van der Waals surface area contributed by atoms with Crippen molar-refractivity contribution < 1.29 is 0 Å². The number of nitrogens with two attached hydrogens (primary N) is 1. The van der Waals surface area contributed by atoms with Gasteiger partial charge in [0.05, 0.1) is 0 Å². The Kier molecular flexibility index (Phi) is 3.09. The van der Waals surface area contributed by atoms with E-state index in [2.05, 4.69) is 26.0 Å². The standard InChI is InChI=1S/C9H15NS/c1-3-7(2)9-5-4-8(6-10)11-9/h4-5,7H,3,6,10H2,1-2H3. The smallest absolute Gasteiger partial charge is 0.0273 e. The SMILES string of the molecule is CCC(C)c1ccc(CN)s1. The van der Waals surface area contributed by atoms with Gasteiger partial charge < -0.3 is 5.73 Å². The minimum absolute atomic E-state index is 0.682. The normalized spacial score (nSPS) is 13.4. The molecule has 0 radical (unpaired) electrons. The quantitative estimate of drug-likeness (QED) is 0.739. The second kappa shape index (κ2) is 3.88. The van der Waals surface area contributed by atoms with Gasteiger partial charge in [-0.1, -0.05) is 13.8 Å². The van der Waals surface area contributed by atoms with Gasteiger partial charge in [-0.05, 0) is 24.5 Å². The summed E-state index contributed by atoms with van der Waals surface area (Å²) in [6.45, 7) is 5.15. The fraction of sp³-hybridized carbons (Fsp3) is 0.556. The minimum Gasteiger partial charge on any atom is -0.326 e. The molecular formula is C9H15NS. The fourth-order valence-corrected chi connectivity index (χ4v) is 2.00. The summed E-state index contributed by atoms with van der Waals surface area (Å²) >= 11 is 1.84. The number of hydrogen-bond acceptors (Lipinski definition) is 2. The largest absolute Gasteiger partial charge is 0.326 e. The molecule has 0 bridgehead atoms. The zero-order chi connectivity index (χ0) is 8.27. The van der Waals surface area contributed by atoms with Gasteiger partial charge in [-0.25, -0.2) is 0 Å². The van der Waals surface area contributed by atoms with E-state index in [1.54, 1.807) is 0 Å². The number of rotatable bonds is 3. The second-order valence-electron chi connectivity index (χ2n) is 2.82. The van der Waals surface area contributed by atoms with E-state index in [0.29, 0.717) is 12.5 Å². The van der Waals surface area contributed by atoms with Gasteiger partial charge in [0.15, 0.2) is 0 Å². The van der Waals surface area contributed by atoms with E-state index in [0.717, 1.165) is 0 Å². The average Bonchev–Trinajstić information content (AvgIpc) is 2.50. The predicted octanol–water partition coefficient (Wildman–Crippen LogP) is 2.72. The zero-order valence-electron chi connectivity index (χ0n) is 7.13. The van der Waals surface area contributed by atoms with Crippen molar-refractivity contribution >= 4 is 11.3 Å². The van der Waals surface area contributed by atoms with Crippen molar-refractivity contribution in [3.8, 4) is 0 Å². The molecule has 0 spiro atoms. The molecule has 0 fully saturated rings. The molecule has 1 heterocycles. The maximum atomic E-state index is 5.52. The van der Waals surface area contributed by atoms with Gasteiger partial charge in [0.25, 0.3) is 0 Å². The van der Waals surface area contributed by atoms with Crippen LogP contribution in [0.3, 0.4) is 0 Å². The third-order valence-corrected chi connectivity index (χ3v) is 3.32. The second-order valence-corrected chi connectivity index (χ2v) is 4.02. The molecule has 0 aromatic carbocycles. The number of thiophene rings is 1. The Hall–Kier alpha value is -0.340. The molecule has 1 nitrogen and oxygen atoms in total. The first kappa shape index (κ1) is 8.75. The van der Waals surface area contributed by atoms with Crippen molar-refractivity contribution in [3.05, 3.63) is 21.9 Å². The molecule has 0 aliphatic heterocycles. The van der Waals surface area contributed by atoms with Gasteiger partial charge in [0.2, 0.25) is 0 Å². The van der Waals surface area contributed by atoms with Crippen molar-refractivity contribution in [2.24, 2.45) is 5.73 Å². The van der Waals surface area contributed by atoms with Crippen LogP contribution in [0, 0.1) is 0 Å². The lowest BCUT2D eigenvalue weighted by Crippen LogP contribution is -1.91. The van der Waals surface area contributed by atoms with Gasteiger partial charge in [-0.15, -0.1) is 11.3 Å². The van der Waals surface area contributed by atoms with Crippen molar-refractivity contribution in [1.29, 1.82) is 0 Å². The van der Waals surface area contributed by atoms with Crippen LogP contribution in [0.2, 0.25) is 0 Å². The Balaban J connectivity index is 2.71. The predicted molar refractivity (Wildman–Crippen MR) is 50.9 cm³/mol. The lowest BCUT2D eigenvalue weighted by atomic mass is 10.1. The van der Waals surface area contributed by atoms with Gasteiger partial charge in [0, 0.05) is 16.3 Å². The van der Waals surface area contributed by atoms with Crippen LogP contribution < -0.4 is 5.73 Å². The lowest BCUT2D eigenvalue weighted by Gasteiger charge is -2.02. The molecule has 0 saturated heterocycles. The molecule has 1 aromatic heterocycles. The summed E-state index contributed by atoms with van der Waals surface area (Å²) < 4.78 is 0. The Morgan fingerprint density at radius 1 is 1.55 bits per heavy atom. The third kappa shape index (κ3) is 2.04. The molecule has 1 rings (SSSR count). The van der Waals surface area contributed by atoms with E-state index in [4.69, 9.17) is 5.73 Å². The molecule has 1 aromatic rings. The van der Waals surface area contributed by atoms with Crippen LogP contribution in [0.15, 0.2) is 12.1 Å². The summed E-state index contributed by atoms with van der Waals surface area (Å²) in [5.74, 6) is 0.695. The highest BCUT2D eigenvalue weighted by Gasteiger charge is 2.04. The highest BCUT2D eigenvalue weighted by Crippen LogP contribution is 2.26. The molecular weight excluding hydrogens is 154 g/mol. The van der Waals surface area contributed by atoms with Crippen LogP contribution >= 0.6 is 11.3 Å². The molecule has 1 atom stereocenters. The van der Waals surface area contributed by atoms with Gasteiger partial charge in [-0.3, -0.25) is 0 Å². The summed E-state index contributed by atoms with van der Waals surface area (Å²) in [6, 6.07) is 4.33. The van der Waals surface area contributed by atoms with Crippen LogP contribution in [0.4, 0.5) is 0 Å². The first-order chi connectivity index (χ1) is 5.27. The van der Waals surface area contributed by atoms with Crippen molar-refractivity contribution in [3.63, 3.8) is 0 Å². The van der Waals surface area contributed by atoms with Crippen LogP contribution in [-0.2, 0) is 6.54 Å². The van der Waals surface area contributed by atoms with E-state index >= 15 is 0 Å². The highest BCUT2D eigenvalue weighted by molar-refractivity contribution is 7.12. The Bertz CT molecular complexity index is 217.